The normalized spacial score (nSPS) is 10.5. The summed E-state index contributed by atoms with van der Waals surface area (Å²) in [6, 6.07) is 8.04. The first-order valence-electron chi connectivity index (χ1n) is 6.66. The zero-order valence-electron chi connectivity index (χ0n) is 12.4. The van der Waals surface area contributed by atoms with E-state index in [1.165, 1.54) is 12.0 Å². The number of hydrogen-bond acceptors (Lipinski definition) is 2. The minimum absolute atomic E-state index is 0. The van der Waals surface area contributed by atoms with Crippen LogP contribution in [0, 0.1) is 6.92 Å². The number of nitrogens with one attached hydrogen (secondary N) is 1. The summed E-state index contributed by atoms with van der Waals surface area (Å²) in [6.45, 7) is 8.77. The molecule has 1 aromatic carbocycles. The summed E-state index contributed by atoms with van der Waals surface area (Å²) in [7, 11) is 0. The predicted octanol–water partition coefficient (Wildman–Crippen LogP) is 4.50. The minimum Gasteiger partial charge on any atom is -0.352 e. The van der Waals surface area contributed by atoms with Crippen LogP contribution in [0.5, 0.6) is 0 Å². The molecule has 19 heavy (non-hydrogen) atoms. The average molecular weight is 281 g/mol. The Labute approximate surface area is 124 Å². The van der Waals surface area contributed by atoms with Gasteiger partial charge in [-0.2, -0.15) is 12.6 Å². The zero-order valence-corrected chi connectivity index (χ0v) is 13.3. The summed E-state index contributed by atoms with van der Waals surface area (Å²) in [4.78, 5) is 11.5. The van der Waals surface area contributed by atoms with Gasteiger partial charge in [0, 0.05) is 14.4 Å². The molecule has 1 amide bonds. The second-order valence-corrected chi connectivity index (χ2v) is 4.82. The first-order chi connectivity index (χ1) is 9.04. The Kier molecular flexibility index (Phi) is 9.99. The van der Waals surface area contributed by atoms with Gasteiger partial charge in [0.15, 0.2) is 0 Å². The van der Waals surface area contributed by atoms with Gasteiger partial charge >= 0.3 is 0 Å². The molecule has 0 saturated carbocycles. The number of carbonyl (C=O) groups is 1. The van der Waals surface area contributed by atoms with Gasteiger partial charge in [0.2, 0.25) is 5.91 Å². The van der Waals surface area contributed by atoms with E-state index in [0.717, 1.165) is 11.1 Å². The Balaban J connectivity index is 0. The van der Waals surface area contributed by atoms with Crippen molar-refractivity contribution in [1.29, 1.82) is 0 Å². The smallest absolute Gasteiger partial charge is 0.224 e. The maximum Gasteiger partial charge on any atom is 0.224 e. The Morgan fingerprint density at radius 1 is 1.37 bits per heavy atom. The predicted molar refractivity (Wildman–Crippen MR) is 88.5 cm³/mol. The maximum atomic E-state index is 11.5. The lowest BCUT2D eigenvalue weighted by Crippen LogP contribution is -2.22. The molecule has 0 aliphatic rings. The fourth-order valence-electron chi connectivity index (χ4n) is 1.36. The first kappa shape index (κ1) is 17.8. The average Bonchev–Trinajstić information content (AvgIpc) is 2.38. The standard InChI is InChI=1S/C13H17NOS.C3H8.H2/c1-10(9-16)7-13(15)14-8-12-6-4-3-5-11(12)2;1-3-2;/h3-6,9,16H,7-8H2,1-2H3,(H,14,15);3H2,1-2H3;1H/b10-9+;;. The van der Waals surface area contributed by atoms with Gasteiger partial charge in [-0.05, 0) is 30.4 Å². The van der Waals surface area contributed by atoms with Gasteiger partial charge in [-0.25, -0.2) is 0 Å². The molecular formula is C16H27NOS. The van der Waals surface area contributed by atoms with Gasteiger partial charge in [-0.3, -0.25) is 4.79 Å². The summed E-state index contributed by atoms with van der Waals surface area (Å²) in [5, 5.41) is 4.55. The highest BCUT2D eigenvalue weighted by Crippen LogP contribution is 2.07. The molecule has 0 bridgehead atoms. The molecule has 0 saturated heterocycles. The molecular weight excluding hydrogens is 254 g/mol. The Morgan fingerprint density at radius 2 is 1.95 bits per heavy atom. The molecule has 0 aromatic heterocycles. The number of benzene rings is 1. The van der Waals surface area contributed by atoms with Crippen LogP contribution in [0.4, 0.5) is 0 Å². The van der Waals surface area contributed by atoms with Crippen molar-refractivity contribution in [2.45, 2.75) is 47.1 Å². The van der Waals surface area contributed by atoms with Crippen LogP contribution < -0.4 is 5.32 Å². The molecule has 108 valence electrons. The molecule has 0 aliphatic carbocycles. The molecule has 0 radical (unpaired) electrons. The summed E-state index contributed by atoms with van der Waals surface area (Å²) in [5.74, 6) is 0.0334. The monoisotopic (exact) mass is 281 g/mol. The van der Waals surface area contributed by atoms with E-state index in [-0.39, 0.29) is 7.33 Å². The van der Waals surface area contributed by atoms with E-state index < -0.39 is 0 Å². The first-order valence-corrected chi connectivity index (χ1v) is 7.17. The van der Waals surface area contributed by atoms with E-state index in [1.807, 2.05) is 38.1 Å². The van der Waals surface area contributed by atoms with Crippen molar-refractivity contribution in [1.82, 2.24) is 5.32 Å². The van der Waals surface area contributed by atoms with Gasteiger partial charge in [0.1, 0.15) is 0 Å². The van der Waals surface area contributed by atoms with Crippen molar-refractivity contribution in [3.05, 3.63) is 46.4 Å². The van der Waals surface area contributed by atoms with Crippen molar-refractivity contribution >= 4 is 18.5 Å². The van der Waals surface area contributed by atoms with E-state index in [9.17, 15) is 4.79 Å². The molecule has 0 heterocycles. The number of hydrogen-bond donors (Lipinski definition) is 2. The van der Waals surface area contributed by atoms with Gasteiger partial charge in [-0.1, -0.05) is 50.1 Å². The lowest BCUT2D eigenvalue weighted by Gasteiger charge is -2.07. The molecule has 1 aromatic rings. The highest BCUT2D eigenvalue weighted by molar-refractivity contribution is 7.83. The third kappa shape index (κ3) is 8.49. The molecule has 0 aliphatic heterocycles. The van der Waals surface area contributed by atoms with Crippen molar-refractivity contribution in [3.63, 3.8) is 0 Å². The quantitative estimate of drug-likeness (QED) is 0.782. The van der Waals surface area contributed by atoms with Crippen LogP contribution >= 0.6 is 12.6 Å². The van der Waals surface area contributed by atoms with E-state index in [0.29, 0.717) is 13.0 Å². The number of rotatable bonds is 4. The van der Waals surface area contributed by atoms with Gasteiger partial charge in [-0.15, -0.1) is 0 Å². The summed E-state index contributed by atoms with van der Waals surface area (Å²) in [6.07, 6.45) is 1.66. The van der Waals surface area contributed by atoms with Crippen molar-refractivity contribution in [2.24, 2.45) is 0 Å². The van der Waals surface area contributed by atoms with E-state index in [2.05, 4.69) is 31.8 Å². The third-order valence-electron chi connectivity index (χ3n) is 2.40. The van der Waals surface area contributed by atoms with Gasteiger partial charge in [0.25, 0.3) is 0 Å². The molecule has 1 rings (SSSR count). The fourth-order valence-corrected chi connectivity index (χ4v) is 1.45. The number of carbonyl (C=O) groups excluding carboxylic acids is 1. The SMILES string of the molecule is C/C(=C\S)CC(=O)NCc1ccccc1C.CCC.[HH]. The molecule has 0 unspecified atom stereocenters. The number of thiol groups is 1. The highest BCUT2D eigenvalue weighted by Gasteiger charge is 2.03. The molecule has 1 N–H and O–H groups in total. The Hall–Kier alpha value is -1.22. The van der Waals surface area contributed by atoms with Crippen LogP contribution in [0.1, 0.15) is 46.2 Å². The van der Waals surface area contributed by atoms with Crippen LogP contribution in [-0.2, 0) is 11.3 Å². The zero-order chi connectivity index (χ0) is 14.7. The summed E-state index contributed by atoms with van der Waals surface area (Å²) in [5.41, 5.74) is 3.32. The van der Waals surface area contributed by atoms with Crippen molar-refractivity contribution in [3.8, 4) is 0 Å². The highest BCUT2D eigenvalue weighted by atomic mass is 32.1. The fraction of sp³-hybridized carbons (Fsp3) is 0.438. The Morgan fingerprint density at radius 3 is 2.47 bits per heavy atom. The molecule has 3 heteroatoms. The summed E-state index contributed by atoms with van der Waals surface area (Å²) < 4.78 is 0. The van der Waals surface area contributed by atoms with E-state index in [1.54, 1.807) is 5.41 Å². The lowest BCUT2D eigenvalue weighted by atomic mass is 10.1. The molecule has 0 atom stereocenters. The maximum absolute atomic E-state index is 11.5. The van der Waals surface area contributed by atoms with Gasteiger partial charge in [0.05, 0.1) is 0 Å². The van der Waals surface area contributed by atoms with Crippen LogP contribution in [-0.4, -0.2) is 5.91 Å². The van der Waals surface area contributed by atoms with Gasteiger partial charge < -0.3 is 5.32 Å². The summed E-state index contributed by atoms with van der Waals surface area (Å²) >= 11 is 4.00. The molecule has 0 fully saturated rings. The number of amides is 1. The second-order valence-electron chi connectivity index (χ2n) is 4.56. The molecule has 0 spiro atoms. The second kappa shape index (κ2) is 10.7. The largest absolute Gasteiger partial charge is 0.352 e. The minimum atomic E-state index is 0. The lowest BCUT2D eigenvalue weighted by molar-refractivity contribution is -0.120. The van der Waals surface area contributed by atoms with Crippen LogP contribution in [0.25, 0.3) is 0 Å². The van der Waals surface area contributed by atoms with Crippen molar-refractivity contribution in [2.75, 3.05) is 0 Å². The third-order valence-corrected chi connectivity index (χ3v) is 2.84. The van der Waals surface area contributed by atoms with E-state index >= 15 is 0 Å². The van der Waals surface area contributed by atoms with Crippen LogP contribution in [0.15, 0.2) is 35.2 Å². The van der Waals surface area contributed by atoms with Crippen LogP contribution in [0.3, 0.4) is 0 Å². The topological polar surface area (TPSA) is 29.1 Å². The van der Waals surface area contributed by atoms with Crippen LogP contribution in [0.2, 0.25) is 0 Å². The Bertz CT molecular complexity index is 419. The molecule has 2 nitrogen and oxygen atoms in total. The number of aryl methyl sites for hydroxylation is 1. The van der Waals surface area contributed by atoms with Crippen molar-refractivity contribution < 1.29 is 6.22 Å². The van der Waals surface area contributed by atoms with E-state index in [4.69, 9.17) is 0 Å².